The molecule has 1 N–H and O–H groups in total. The van der Waals surface area contributed by atoms with Gasteiger partial charge in [0.2, 0.25) is 11.8 Å². The fourth-order valence-electron chi connectivity index (χ4n) is 6.00. The maximum Gasteiger partial charge on any atom is 0.233 e. The van der Waals surface area contributed by atoms with Gasteiger partial charge in [0.15, 0.2) is 23.1 Å². The van der Waals surface area contributed by atoms with E-state index in [9.17, 15) is 24.3 Å². The Kier molecular flexibility index (Phi) is 6.32. The number of phenols is 1. The van der Waals surface area contributed by atoms with E-state index in [1.165, 1.54) is 24.2 Å². The SMILES string of the molecule is CCCN1C(=O)C2CC=C3C(C=Cc4ccc(O)c(OC)c4)C4=C(CC3C2C1=O)C(=O)C(Br)=CC4=O. The van der Waals surface area contributed by atoms with Crippen LogP contribution in [0.3, 0.4) is 0 Å². The molecule has 1 aromatic rings. The van der Waals surface area contributed by atoms with Gasteiger partial charge in [-0.25, -0.2) is 0 Å². The Morgan fingerprint density at radius 1 is 1.17 bits per heavy atom. The van der Waals surface area contributed by atoms with E-state index >= 15 is 0 Å². The third kappa shape index (κ3) is 3.79. The molecule has 8 heteroatoms. The zero-order chi connectivity index (χ0) is 25.7. The van der Waals surface area contributed by atoms with Gasteiger partial charge in [-0.1, -0.05) is 36.8 Å². The Labute approximate surface area is 217 Å². The molecule has 186 valence electrons. The number of phenolic OH excluding ortho intramolecular Hbond substituents is 1. The molecular formula is C28H26BrNO6. The van der Waals surface area contributed by atoms with Gasteiger partial charge in [0, 0.05) is 29.7 Å². The number of aromatic hydroxyl groups is 1. The molecule has 1 aromatic carbocycles. The predicted molar refractivity (Wildman–Crippen MR) is 136 cm³/mol. The van der Waals surface area contributed by atoms with Crippen molar-refractivity contribution in [2.45, 2.75) is 26.2 Å². The molecule has 4 unspecified atom stereocenters. The highest BCUT2D eigenvalue weighted by molar-refractivity contribution is 9.12. The zero-order valence-electron chi connectivity index (χ0n) is 20.0. The van der Waals surface area contributed by atoms with Gasteiger partial charge in [-0.05, 0) is 58.8 Å². The fraction of sp³-hybridized carbons (Fsp3) is 0.357. The van der Waals surface area contributed by atoms with Crippen molar-refractivity contribution in [3.63, 3.8) is 0 Å². The number of allylic oxidation sites excluding steroid dienone is 7. The van der Waals surface area contributed by atoms with Crippen LogP contribution in [0.4, 0.5) is 0 Å². The summed E-state index contributed by atoms with van der Waals surface area (Å²) in [5.41, 5.74) is 2.48. The highest BCUT2D eigenvalue weighted by atomic mass is 79.9. The van der Waals surface area contributed by atoms with Crippen LogP contribution in [-0.2, 0) is 19.2 Å². The lowest BCUT2D eigenvalue weighted by molar-refractivity contribution is -0.140. The smallest absolute Gasteiger partial charge is 0.233 e. The predicted octanol–water partition coefficient (Wildman–Crippen LogP) is 4.12. The number of hydrogen-bond donors (Lipinski definition) is 1. The molecule has 0 aromatic heterocycles. The maximum absolute atomic E-state index is 13.4. The number of imide groups is 1. The Morgan fingerprint density at radius 3 is 2.67 bits per heavy atom. The largest absolute Gasteiger partial charge is 0.504 e. The average molecular weight is 552 g/mol. The van der Waals surface area contributed by atoms with E-state index in [0.29, 0.717) is 36.3 Å². The number of fused-ring (bicyclic) bond motifs is 3. The summed E-state index contributed by atoms with van der Waals surface area (Å²) in [6.07, 6.45) is 8.36. The van der Waals surface area contributed by atoms with Crippen LogP contribution in [-0.4, -0.2) is 47.0 Å². The molecule has 2 amide bonds. The van der Waals surface area contributed by atoms with Gasteiger partial charge in [0.25, 0.3) is 0 Å². The van der Waals surface area contributed by atoms with Gasteiger partial charge in [-0.3, -0.25) is 24.1 Å². The van der Waals surface area contributed by atoms with Crippen LogP contribution in [0, 0.1) is 23.7 Å². The first-order chi connectivity index (χ1) is 17.3. The van der Waals surface area contributed by atoms with Gasteiger partial charge in [0.1, 0.15) is 0 Å². The molecule has 5 rings (SSSR count). The Hall–Kier alpha value is -3.26. The number of ketones is 2. The molecule has 1 fully saturated rings. The number of ether oxygens (including phenoxy) is 1. The first kappa shape index (κ1) is 24.4. The van der Waals surface area contributed by atoms with Crippen LogP contribution in [0.5, 0.6) is 11.5 Å². The molecule has 1 heterocycles. The molecule has 4 atom stereocenters. The van der Waals surface area contributed by atoms with E-state index in [1.807, 2.05) is 25.2 Å². The fourth-order valence-corrected chi connectivity index (χ4v) is 6.45. The van der Waals surface area contributed by atoms with Gasteiger partial charge >= 0.3 is 0 Å². The summed E-state index contributed by atoms with van der Waals surface area (Å²) in [7, 11) is 1.47. The van der Waals surface area contributed by atoms with Crippen LogP contribution in [0.15, 0.2) is 57.6 Å². The minimum absolute atomic E-state index is 0.0162. The van der Waals surface area contributed by atoms with Crippen molar-refractivity contribution in [3.8, 4) is 11.5 Å². The van der Waals surface area contributed by atoms with Gasteiger partial charge in [0.05, 0.1) is 23.4 Å². The third-order valence-corrected chi connectivity index (χ3v) is 8.19. The molecule has 0 saturated carbocycles. The summed E-state index contributed by atoms with van der Waals surface area (Å²) in [5, 5.41) is 9.92. The number of carbonyl (C=O) groups is 4. The lowest BCUT2D eigenvalue weighted by atomic mass is 9.61. The summed E-state index contributed by atoms with van der Waals surface area (Å²) in [6.45, 7) is 2.32. The number of benzene rings is 1. The number of carbonyl (C=O) groups excluding carboxylic acids is 4. The van der Waals surface area contributed by atoms with Crippen molar-refractivity contribution in [1.29, 1.82) is 0 Å². The molecular weight excluding hydrogens is 526 g/mol. The van der Waals surface area contributed by atoms with E-state index < -0.39 is 17.8 Å². The number of halogens is 1. The van der Waals surface area contributed by atoms with E-state index in [-0.39, 0.29) is 46.0 Å². The van der Waals surface area contributed by atoms with E-state index in [0.717, 1.165) is 11.1 Å². The van der Waals surface area contributed by atoms with E-state index in [1.54, 1.807) is 12.1 Å². The summed E-state index contributed by atoms with van der Waals surface area (Å²) in [4.78, 5) is 54.1. The standard InChI is InChI=1S/C28H26BrNO6/c1-3-10-30-27(34)17-8-7-15-16(6-4-14-5-9-21(31)23(11-14)36-2)24-19(12-18(15)25(17)28(30)35)26(33)20(29)13-22(24)32/h4-7,9,11,13,16-18,25,31H,3,8,10,12H2,1-2H3. The van der Waals surface area contributed by atoms with Crippen LogP contribution < -0.4 is 4.74 Å². The topological polar surface area (TPSA) is 101 Å². The number of methoxy groups -OCH3 is 1. The van der Waals surface area contributed by atoms with E-state index in [4.69, 9.17) is 4.74 Å². The van der Waals surface area contributed by atoms with Crippen LogP contribution >= 0.6 is 15.9 Å². The Morgan fingerprint density at radius 2 is 1.94 bits per heavy atom. The Balaban J connectivity index is 1.59. The molecule has 0 radical (unpaired) electrons. The number of likely N-dealkylation sites (tertiary alicyclic amines) is 1. The number of Topliss-reactive ketones (excluding diaryl/α,β-unsaturated/α-hetero) is 1. The quantitative estimate of drug-likeness (QED) is 0.335. The lowest BCUT2D eigenvalue weighted by Gasteiger charge is -2.41. The minimum Gasteiger partial charge on any atom is -0.504 e. The van der Waals surface area contributed by atoms with Crippen molar-refractivity contribution in [3.05, 3.63) is 63.2 Å². The van der Waals surface area contributed by atoms with Gasteiger partial charge in [-0.15, -0.1) is 0 Å². The summed E-state index contributed by atoms with van der Waals surface area (Å²) in [6, 6.07) is 4.93. The van der Waals surface area contributed by atoms with Gasteiger partial charge in [-0.2, -0.15) is 0 Å². The van der Waals surface area contributed by atoms with Crippen molar-refractivity contribution in [2.24, 2.45) is 23.7 Å². The van der Waals surface area contributed by atoms with Gasteiger partial charge < -0.3 is 9.84 Å². The first-order valence-electron chi connectivity index (χ1n) is 12.1. The number of rotatable bonds is 5. The van der Waals surface area contributed by atoms with Crippen molar-refractivity contribution < 1.29 is 29.0 Å². The second-order valence-corrected chi connectivity index (χ2v) is 10.4. The molecule has 4 aliphatic rings. The van der Waals surface area contributed by atoms with Crippen LogP contribution in [0.25, 0.3) is 6.08 Å². The monoisotopic (exact) mass is 551 g/mol. The number of hydrogen-bond acceptors (Lipinski definition) is 6. The third-order valence-electron chi connectivity index (χ3n) is 7.60. The molecule has 1 aliphatic heterocycles. The number of amides is 2. The molecule has 1 saturated heterocycles. The number of nitrogens with zero attached hydrogens (tertiary/aromatic N) is 1. The Bertz CT molecular complexity index is 1320. The highest BCUT2D eigenvalue weighted by Gasteiger charge is 2.55. The van der Waals surface area contributed by atoms with E-state index in [2.05, 4.69) is 15.9 Å². The lowest BCUT2D eigenvalue weighted by Crippen LogP contribution is -2.40. The van der Waals surface area contributed by atoms with Crippen molar-refractivity contribution in [1.82, 2.24) is 4.90 Å². The first-order valence-corrected chi connectivity index (χ1v) is 12.9. The minimum atomic E-state index is -0.532. The highest BCUT2D eigenvalue weighted by Crippen LogP contribution is 2.52. The molecule has 0 spiro atoms. The van der Waals surface area contributed by atoms with Crippen molar-refractivity contribution in [2.75, 3.05) is 13.7 Å². The molecule has 0 bridgehead atoms. The van der Waals surface area contributed by atoms with Crippen LogP contribution in [0.1, 0.15) is 31.7 Å². The summed E-state index contributed by atoms with van der Waals surface area (Å²) >= 11 is 3.23. The molecule has 7 nitrogen and oxygen atoms in total. The normalized spacial score (nSPS) is 27.7. The summed E-state index contributed by atoms with van der Waals surface area (Å²) in [5.74, 6) is -2.28. The maximum atomic E-state index is 13.4. The molecule has 3 aliphatic carbocycles. The van der Waals surface area contributed by atoms with Crippen LogP contribution in [0.2, 0.25) is 0 Å². The molecule has 36 heavy (non-hydrogen) atoms. The second-order valence-electron chi connectivity index (χ2n) is 9.56. The second kappa shape index (κ2) is 9.32. The average Bonchev–Trinajstić information content (AvgIpc) is 3.11. The summed E-state index contributed by atoms with van der Waals surface area (Å²) < 4.78 is 5.41. The van der Waals surface area contributed by atoms with Crippen molar-refractivity contribution >= 4 is 45.4 Å². The zero-order valence-corrected chi connectivity index (χ0v) is 21.6.